The van der Waals surface area contributed by atoms with E-state index in [1.54, 1.807) is 0 Å². The number of amides is 2. The molecule has 0 saturated carbocycles. The van der Waals surface area contributed by atoms with Crippen LogP contribution in [-0.2, 0) is 9.59 Å². The van der Waals surface area contributed by atoms with E-state index in [-0.39, 0.29) is 29.8 Å². The number of hydrogen-bond donors (Lipinski definition) is 1. The fourth-order valence-electron chi connectivity index (χ4n) is 3.58. The maximum Gasteiger partial charge on any atom is 0.228 e. The van der Waals surface area contributed by atoms with Gasteiger partial charge in [-0.05, 0) is 25.7 Å². The highest BCUT2D eigenvalue weighted by Gasteiger charge is 2.40. The molecule has 2 rings (SSSR count). The Bertz CT molecular complexity index is 368. The molecule has 5 nitrogen and oxygen atoms in total. The Hall–Kier alpha value is -1.10. The summed E-state index contributed by atoms with van der Waals surface area (Å²) in [6.45, 7) is 6.12. The summed E-state index contributed by atoms with van der Waals surface area (Å²) in [5.74, 6) is 0.121. The van der Waals surface area contributed by atoms with Crippen LogP contribution in [0.5, 0.6) is 0 Å². The van der Waals surface area contributed by atoms with Crippen LogP contribution in [0.2, 0.25) is 0 Å². The van der Waals surface area contributed by atoms with Gasteiger partial charge in [0.2, 0.25) is 11.8 Å². The molecule has 0 radical (unpaired) electrons. The normalized spacial score (nSPS) is 26.9. The molecular weight excluding hydrogens is 254 g/mol. The number of carbonyl (C=O) groups is 2. The van der Waals surface area contributed by atoms with E-state index in [2.05, 4.69) is 13.8 Å². The lowest BCUT2D eigenvalue weighted by atomic mass is 10.1. The number of nitrogens with two attached hydrogens (primary N) is 1. The van der Waals surface area contributed by atoms with E-state index in [0.29, 0.717) is 19.5 Å². The third kappa shape index (κ3) is 2.82. The second kappa shape index (κ2) is 6.57. The second-order valence-corrected chi connectivity index (χ2v) is 5.98. The molecule has 0 aromatic carbocycles. The predicted molar refractivity (Wildman–Crippen MR) is 78.0 cm³/mol. The molecule has 0 aromatic heterocycles. The number of nitrogens with zero attached hydrogens (tertiary/aromatic N) is 2. The molecule has 0 aliphatic carbocycles. The first kappa shape index (κ1) is 15.3. The fourth-order valence-corrected chi connectivity index (χ4v) is 3.58. The molecule has 114 valence electrons. The largest absolute Gasteiger partial charge is 0.339 e. The van der Waals surface area contributed by atoms with Gasteiger partial charge in [0, 0.05) is 38.1 Å². The Morgan fingerprint density at radius 2 is 2.10 bits per heavy atom. The monoisotopic (exact) mass is 281 g/mol. The van der Waals surface area contributed by atoms with Gasteiger partial charge in [-0.2, -0.15) is 0 Å². The van der Waals surface area contributed by atoms with Crippen LogP contribution in [0.1, 0.15) is 46.0 Å². The van der Waals surface area contributed by atoms with Gasteiger partial charge in [-0.15, -0.1) is 0 Å². The van der Waals surface area contributed by atoms with Gasteiger partial charge in [0.05, 0.1) is 5.92 Å². The number of likely N-dealkylation sites (tertiary alicyclic amines) is 2. The first-order chi connectivity index (χ1) is 9.62. The lowest BCUT2D eigenvalue weighted by Gasteiger charge is -2.28. The molecule has 2 amide bonds. The Morgan fingerprint density at radius 3 is 2.70 bits per heavy atom. The number of hydrogen-bond acceptors (Lipinski definition) is 3. The van der Waals surface area contributed by atoms with Gasteiger partial charge in [0.1, 0.15) is 0 Å². The molecule has 2 aliphatic rings. The summed E-state index contributed by atoms with van der Waals surface area (Å²) in [4.78, 5) is 28.6. The van der Waals surface area contributed by atoms with Crippen LogP contribution in [-0.4, -0.2) is 53.3 Å². The molecule has 2 heterocycles. The first-order valence-corrected chi connectivity index (χ1v) is 7.92. The summed E-state index contributed by atoms with van der Waals surface area (Å²) in [5, 5.41) is 0. The molecule has 0 spiro atoms. The van der Waals surface area contributed by atoms with Crippen molar-refractivity contribution in [2.75, 3.05) is 19.6 Å². The van der Waals surface area contributed by atoms with Crippen molar-refractivity contribution in [1.29, 1.82) is 0 Å². The molecule has 2 aliphatic heterocycles. The Morgan fingerprint density at radius 1 is 1.40 bits per heavy atom. The smallest absolute Gasteiger partial charge is 0.228 e. The summed E-state index contributed by atoms with van der Waals surface area (Å²) in [7, 11) is 0. The van der Waals surface area contributed by atoms with Gasteiger partial charge < -0.3 is 15.5 Å². The standard InChI is InChI=1S/C15H27N3O2/c1-3-12(4-2)18-10-11(8-14(18)19)15(20)17-7-5-6-13(17)9-16/h11-13H,3-10,16H2,1-2H3. The van der Waals surface area contributed by atoms with Gasteiger partial charge in [0.15, 0.2) is 0 Å². The number of rotatable bonds is 5. The van der Waals surface area contributed by atoms with E-state index in [1.807, 2.05) is 9.80 Å². The van der Waals surface area contributed by atoms with E-state index in [0.717, 1.165) is 32.2 Å². The van der Waals surface area contributed by atoms with Gasteiger partial charge >= 0.3 is 0 Å². The molecular formula is C15H27N3O2. The average molecular weight is 281 g/mol. The summed E-state index contributed by atoms with van der Waals surface area (Å²) in [6.07, 6.45) is 4.32. The van der Waals surface area contributed by atoms with Crippen molar-refractivity contribution in [2.45, 2.75) is 58.0 Å². The minimum absolute atomic E-state index is 0.139. The van der Waals surface area contributed by atoms with E-state index < -0.39 is 0 Å². The molecule has 0 aromatic rings. The fraction of sp³-hybridized carbons (Fsp3) is 0.867. The average Bonchev–Trinajstić information content (AvgIpc) is 3.06. The van der Waals surface area contributed by atoms with Gasteiger partial charge in [-0.3, -0.25) is 9.59 Å². The maximum atomic E-state index is 12.6. The Kier molecular flexibility index (Phi) is 5.02. The first-order valence-electron chi connectivity index (χ1n) is 7.92. The van der Waals surface area contributed by atoms with Crippen LogP contribution >= 0.6 is 0 Å². The summed E-state index contributed by atoms with van der Waals surface area (Å²) in [6, 6.07) is 0.462. The highest BCUT2D eigenvalue weighted by atomic mass is 16.2. The zero-order valence-corrected chi connectivity index (χ0v) is 12.7. The van der Waals surface area contributed by atoms with Crippen LogP contribution in [0.3, 0.4) is 0 Å². The van der Waals surface area contributed by atoms with Gasteiger partial charge in [-0.25, -0.2) is 0 Å². The summed E-state index contributed by atoms with van der Waals surface area (Å²) < 4.78 is 0. The van der Waals surface area contributed by atoms with E-state index in [1.165, 1.54) is 0 Å². The Labute approximate surface area is 121 Å². The van der Waals surface area contributed by atoms with Crippen LogP contribution < -0.4 is 5.73 Å². The topological polar surface area (TPSA) is 66.6 Å². The van der Waals surface area contributed by atoms with Gasteiger partial charge in [-0.1, -0.05) is 13.8 Å². The minimum atomic E-state index is -0.157. The molecule has 5 heteroatoms. The molecule has 2 atom stereocenters. The molecule has 2 saturated heterocycles. The third-order valence-corrected chi connectivity index (χ3v) is 4.82. The maximum absolute atomic E-state index is 12.6. The lowest BCUT2D eigenvalue weighted by Crippen LogP contribution is -2.44. The lowest BCUT2D eigenvalue weighted by molar-refractivity contribution is -0.136. The molecule has 2 unspecified atom stereocenters. The zero-order chi connectivity index (χ0) is 14.7. The number of carbonyl (C=O) groups excluding carboxylic acids is 2. The SMILES string of the molecule is CCC(CC)N1CC(C(=O)N2CCCC2CN)CC1=O. The quantitative estimate of drug-likeness (QED) is 0.816. The Balaban J connectivity index is 2.00. The van der Waals surface area contributed by atoms with Crippen LogP contribution in [0, 0.1) is 5.92 Å². The molecule has 0 bridgehead atoms. The third-order valence-electron chi connectivity index (χ3n) is 4.82. The van der Waals surface area contributed by atoms with E-state index in [4.69, 9.17) is 5.73 Å². The molecule has 2 fully saturated rings. The van der Waals surface area contributed by atoms with Crippen LogP contribution in [0.4, 0.5) is 0 Å². The van der Waals surface area contributed by atoms with E-state index in [9.17, 15) is 9.59 Å². The van der Waals surface area contributed by atoms with Crippen molar-refractivity contribution in [3.05, 3.63) is 0 Å². The van der Waals surface area contributed by atoms with Crippen molar-refractivity contribution in [2.24, 2.45) is 11.7 Å². The van der Waals surface area contributed by atoms with Gasteiger partial charge in [0.25, 0.3) is 0 Å². The highest BCUT2D eigenvalue weighted by Crippen LogP contribution is 2.27. The summed E-state index contributed by atoms with van der Waals surface area (Å²) in [5.41, 5.74) is 5.74. The van der Waals surface area contributed by atoms with Crippen molar-refractivity contribution in [1.82, 2.24) is 9.80 Å². The molecule has 20 heavy (non-hydrogen) atoms. The van der Waals surface area contributed by atoms with Crippen LogP contribution in [0.15, 0.2) is 0 Å². The second-order valence-electron chi connectivity index (χ2n) is 5.98. The predicted octanol–water partition coefficient (Wildman–Crippen LogP) is 0.973. The van der Waals surface area contributed by atoms with Crippen molar-refractivity contribution in [3.8, 4) is 0 Å². The van der Waals surface area contributed by atoms with E-state index >= 15 is 0 Å². The molecule has 2 N–H and O–H groups in total. The van der Waals surface area contributed by atoms with Crippen molar-refractivity contribution < 1.29 is 9.59 Å². The summed E-state index contributed by atoms with van der Waals surface area (Å²) >= 11 is 0. The minimum Gasteiger partial charge on any atom is -0.339 e. The highest BCUT2D eigenvalue weighted by molar-refractivity contribution is 5.89. The zero-order valence-electron chi connectivity index (χ0n) is 12.7. The van der Waals surface area contributed by atoms with Crippen LogP contribution in [0.25, 0.3) is 0 Å². The van der Waals surface area contributed by atoms with Crippen molar-refractivity contribution in [3.63, 3.8) is 0 Å². The van der Waals surface area contributed by atoms with Crippen molar-refractivity contribution >= 4 is 11.8 Å².